The van der Waals surface area contributed by atoms with E-state index in [9.17, 15) is 12.8 Å². The molecule has 0 aliphatic heterocycles. The molecule has 4 nitrogen and oxygen atoms in total. The van der Waals surface area contributed by atoms with Crippen LogP contribution in [0, 0.1) is 5.82 Å². The predicted molar refractivity (Wildman–Crippen MR) is 80.9 cm³/mol. The normalized spacial score (nSPS) is 11.8. The summed E-state index contributed by atoms with van der Waals surface area (Å²) in [4.78, 5) is -0.370. The number of rotatable bonds is 10. The van der Waals surface area contributed by atoms with Crippen molar-refractivity contribution in [1.82, 2.24) is 4.72 Å². The van der Waals surface area contributed by atoms with Crippen molar-refractivity contribution < 1.29 is 17.9 Å². The number of sulfonamides is 1. The summed E-state index contributed by atoms with van der Waals surface area (Å²) in [5.41, 5.74) is 0.349. The lowest BCUT2D eigenvalue weighted by atomic mass is 10.1. The van der Waals surface area contributed by atoms with Gasteiger partial charge in [0, 0.05) is 6.54 Å². The Morgan fingerprint density at radius 2 is 1.81 bits per heavy atom. The first-order valence-corrected chi connectivity index (χ1v) is 8.88. The topological polar surface area (TPSA) is 66.4 Å². The zero-order valence-electron chi connectivity index (χ0n) is 12.4. The summed E-state index contributed by atoms with van der Waals surface area (Å²) < 4.78 is 40.1. The zero-order valence-corrected chi connectivity index (χ0v) is 13.3. The largest absolute Gasteiger partial charge is 0.392 e. The van der Waals surface area contributed by atoms with E-state index in [1.807, 2.05) is 0 Å². The third-order valence-corrected chi connectivity index (χ3v) is 4.79. The quantitative estimate of drug-likeness (QED) is 0.652. The van der Waals surface area contributed by atoms with Crippen LogP contribution in [0.1, 0.15) is 51.0 Å². The van der Waals surface area contributed by atoms with Gasteiger partial charge in [0.25, 0.3) is 0 Å². The molecule has 0 saturated carbocycles. The van der Waals surface area contributed by atoms with Crippen LogP contribution in [0.2, 0.25) is 0 Å². The average molecular weight is 317 g/mol. The van der Waals surface area contributed by atoms with E-state index in [1.54, 1.807) is 0 Å². The van der Waals surface area contributed by atoms with Crippen molar-refractivity contribution in [3.05, 3.63) is 29.6 Å². The van der Waals surface area contributed by atoms with Gasteiger partial charge in [-0.25, -0.2) is 17.5 Å². The molecule has 1 aromatic carbocycles. The lowest BCUT2D eigenvalue weighted by Crippen LogP contribution is -2.25. The molecule has 0 amide bonds. The monoisotopic (exact) mass is 317 g/mol. The van der Waals surface area contributed by atoms with Gasteiger partial charge in [0.15, 0.2) is 0 Å². The number of unbranched alkanes of at least 4 members (excludes halogenated alkanes) is 5. The Morgan fingerprint density at radius 3 is 2.43 bits per heavy atom. The molecule has 0 aromatic heterocycles. The Labute approximate surface area is 126 Å². The van der Waals surface area contributed by atoms with Gasteiger partial charge in [0.2, 0.25) is 10.0 Å². The van der Waals surface area contributed by atoms with Crippen LogP contribution in [-0.2, 0) is 16.6 Å². The van der Waals surface area contributed by atoms with E-state index in [2.05, 4.69) is 11.6 Å². The van der Waals surface area contributed by atoms with E-state index in [4.69, 9.17) is 5.11 Å². The number of nitrogens with one attached hydrogen (secondary N) is 1. The minimum Gasteiger partial charge on any atom is -0.392 e. The van der Waals surface area contributed by atoms with Gasteiger partial charge < -0.3 is 5.11 Å². The van der Waals surface area contributed by atoms with Gasteiger partial charge in [0.1, 0.15) is 10.7 Å². The number of halogens is 1. The lowest BCUT2D eigenvalue weighted by Gasteiger charge is -2.08. The van der Waals surface area contributed by atoms with Crippen LogP contribution >= 0.6 is 0 Å². The van der Waals surface area contributed by atoms with Gasteiger partial charge in [-0.15, -0.1) is 0 Å². The van der Waals surface area contributed by atoms with E-state index in [1.165, 1.54) is 31.4 Å². The maximum absolute atomic E-state index is 13.7. The molecule has 0 bridgehead atoms. The van der Waals surface area contributed by atoms with Gasteiger partial charge in [-0.2, -0.15) is 0 Å². The fourth-order valence-corrected chi connectivity index (χ4v) is 3.18. The highest BCUT2D eigenvalue weighted by atomic mass is 32.2. The molecule has 6 heteroatoms. The van der Waals surface area contributed by atoms with Crippen LogP contribution in [0.15, 0.2) is 23.1 Å². The number of benzene rings is 1. The van der Waals surface area contributed by atoms with Gasteiger partial charge in [-0.1, -0.05) is 45.1 Å². The van der Waals surface area contributed by atoms with Gasteiger partial charge in [0.05, 0.1) is 6.61 Å². The van der Waals surface area contributed by atoms with Crippen molar-refractivity contribution in [2.45, 2.75) is 57.0 Å². The smallest absolute Gasteiger partial charge is 0.243 e. The highest BCUT2D eigenvalue weighted by Gasteiger charge is 2.18. The van der Waals surface area contributed by atoms with Crippen LogP contribution in [-0.4, -0.2) is 20.1 Å². The molecular formula is C15H24FNO3S. The summed E-state index contributed by atoms with van der Waals surface area (Å²) in [5, 5.41) is 8.89. The first-order valence-electron chi connectivity index (χ1n) is 7.40. The van der Waals surface area contributed by atoms with Gasteiger partial charge >= 0.3 is 0 Å². The minimum absolute atomic E-state index is 0.315. The van der Waals surface area contributed by atoms with Crippen molar-refractivity contribution in [1.29, 1.82) is 0 Å². The molecule has 0 spiro atoms. The van der Waals surface area contributed by atoms with E-state index in [0.717, 1.165) is 25.3 Å². The molecule has 0 saturated heterocycles. The first kappa shape index (κ1) is 18.1. The van der Waals surface area contributed by atoms with Crippen molar-refractivity contribution in [3.8, 4) is 0 Å². The van der Waals surface area contributed by atoms with Crippen molar-refractivity contribution >= 4 is 10.0 Å². The second-order valence-electron chi connectivity index (χ2n) is 5.09. The minimum atomic E-state index is -3.82. The number of hydrogen-bond acceptors (Lipinski definition) is 3. The Bertz CT molecular complexity index is 532. The van der Waals surface area contributed by atoms with E-state index in [-0.39, 0.29) is 11.5 Å². The number of aliphatic hydroxyl groups excluding tert-OH is 1. The molecule has 1 rings (SSSR count). The van der Waals surface area contributed by atoms with E-state index in [0.29, 0.717) is 12.1 Å². The molecule has 21 heavy (non-hydrogen) atoms. The molecule has 0 fully saturated rings. The van der Waals surface area contributed by atoms with Crippen LogP contribution in [0.5, 0.6) is 0 Å². The maximum Gasteiger partial charge on any atom is 0.243 e. The Balaban J connectivity index is 2.46. The molecule has 120 valence electrons. The summed E-state index contributed by atoms with van der Waals surface area (Å²) in [6.07, 6.45) is 6.35. The molecule has 0 aliphatic carbocycles. The van der Waals surface area contributed by atoms with Crippen molar-refractivity contribution in [3.63, 3.8) is 0 Å². The molecule has 0 unspecified atom stereocenters. The summed E-state index contributed by atoms with van der Waals surface area (Å²) in [6, 6.07) is 3.63. The Morgan fingerprint density at radius 1 is 1.14 bits per heavy atom. The first-order chi connectivity index (χ1) is 10.0. The molecule has 0 atom stereocenters. The molecule has 0 aliphatic rings. The summed E-state index contributed by atoms with van der Waals surface area (Å²) in [5.74, 6) is -0.836. The van der Waals surface area contributed by atoms with Crippen LogP contribution < -0.4 is 4.72 Å². The van der Waals surface area contributed by atoms with E-state index < -0.39 is 15.8 Å². The number of hydrogen-bond donors (Lipinski definition) is 2. The standard InChI is InChI=1S/C15H24FNO3S/c1-2-3-4-5-6-7-10-17-21(19,20)15-9-8-13(12-18)11-14(15)16/h8-9,11,17-18H,2-7,10,12H2,1H3. The Kier molecular flexibility index (Phi) is 7.85. The molecular weight excluding hydrogens is 293 g/mol. The summed E-state index contributed by atoms with van der Waals surface area (Å²) in [6.45, 7) is 2.14. The van der Waals surface area contributed by atoms with Crippen molar-refractivity contribution in [2.24, 2.45) is 0 Å². The molecule has 1 aromatic rings. The second-order valence-corrected chi connectivity index (χ2v) is 6.82. The fraction of sp³-hybridized carbons (Fsp3) is 0.600. The van der Waals surface area contributed by atoms with Gasteiger partial charge in [-0.3, -0.25) is 0 Å². The fourth-order valence-electron chi connectivity index (χ4n) is 2.05. The zero-order chi connectivity index (χ0) is 15.7. The molecule has 0 heterocycles. The third-order valence-electron chi connectivity index (χ3n) is 3.29. The second kappa shape index (κ2) is 9.12. The van der Waals surface area contributed by atoms with Crippen LogP contribution in [0.4, 0.5) is 4.39 Å². The molecule has 2 N–H and O–H groups in total. The third kappa shape index (κ3) is 6.11. The highest BCUT2D eigenvalue weighted by molar-refractivity contribution is 7.89. The maximum atomic E-state index is 13.7. The molecule has 0 radical (unpaired) electrons. The van der Waals surface area contributed by atoms with Crippen LogP contribution in [0.25, 0.3) is 0 Å². The Hall–Kier alpha value is -0.980. The van der Waals surface area contributed by atoms with E-state index >= 15 is 0 Å². The van der Waals surface area contributed by atoms with Gasteiger partial charge in [-0.05, 0) is 24.1 Å². The van der Waals surface area contributed by atoms with Crippen LogP contribution in [0.3, 0.4) is 0 Å². The van der Waals surface area contributed by atoms with Crippen molar-refractivity contribution in [2.75, 3.05) is 6.54 Å². The SMILES string of the molecule is CCCCCCCCNS(=O)(=O)c1ccc(CO)cc1F. The summed E-state index contributed by atoms with van der Waals surface area (Å²) in [7, 11) is -3.82. The average Bonchev–Trinajstić information content (AvgIpc) is 2.45. The lowest BCUT2D eigenvalue weighted by molar-refractivity contribution is 0.281. The number of aliphatic hydroxyl groups is 1. The predicted octanol–water partition coefficient (Wildman–Crippen LogP) is 2.96. The summed E-state index contributed by atoms with van der Waals surface area (Å²) >= 11 is 0. The highest BCUT2D eigenvalue weighted by Crippen LogP contribution is 2.16.